The van der Waals surface area contributed by atoms with Crippen LogP contribution in [0, 0.1) is 33.3 Å². The minimum Gasteiger partial charge on any atom is -0.264 e. The van der Waals surface area contributed by atoms with Gasteiger partial charge in [0.2, 0.25) is 6.04 Å². The highest BCUT2D eigenvalue weighted by Gasteiger charge is 2.31. The van der Waals surface area contributed by atoms with Crippen molar-refractivity contribution in [3.05, 3.63) is 21.8 Å². The summed E-state index contributed by atoms with van der Waals surface area (Å²) in [7, 11) is 0. The molecule has 0 heterocycles. The van der Waals surface area contributed by atoms with E-state index in [4.69, 9.17) is 23.2 Å². The summed E-state index contributed by atoms with van der Waals surface area (Å²) in [6.07, 6.45) is 7.32. The predicted octanol–water partition coefficient (Wildman–Crippen LogP) is 4.29. The number of alkyl halides is 2. The minimum absolute atomic E-state index is 0.0254. The van der Waals surface area contributed by atoms with E-state index in [0.717, 1.165) is 37.7 Å². The van der Waals surface area contributed by atoms with Crippen molar-refractivity contribution in [1.29, 1.82) is 5.26 Å². The molecule has 4 nitrogen and oxygen atoms in total. The van der Waals surface area contributed by atoms with Gasteiger partial charge in [-0.25, -0.2) is 0 Å². The molecule has 0 aromatic rings. The Morgan fingerprint density at radius 3 is 2.33 bits per heavy atom. The van der Waals surface area contributed by atoms with E-state index in [0.29, 0.717) is 18.8 Å². The van der Waals surface area contributed by atoms with Crippen LogP contribution in [0.2, 0.25) is 0 Å². The smallest absolute Gasteiger partial charge is 0.213 e. The van der Waals surface area contributed by atoms with E-state index in [-0.39, 0.29) is 21.6 Å². The first-order valence-corrected chi connectivity index (χ1v) is 8.42. The number of allylic oxidation sites excluding steroid dienone is 2. The molecule has 2 rings (SSSR count). The van der Waals surface area contributed by atoms with Crippen LogP contribution in [-0.4, -0.2) is 21.7 Å². The molecule has 2 fully saturated rings. The lowest BCUT2D eigenvalue weighted by Crippen LogP contribution is -2.27. The van der Waals surface area contributed by atoms with Gasteiger partial charge in [0.1, 0.15) is 0 Å². The van der Waals surface area contributed by atoms with Crippen molar-refractivity contribution < 1.29 is 4.92 Å². The maximum absolute atomic E-state index is 10.8. The fourth-order valence-corrected chi connectivity index (χ4v) is 3.96. The van der Waals surface area contributed by atoms with E-state index in [1.807, 2.05) is 0 Å². The second-order valence-electron chi connectivity index (χ2n) is 6.13. The van der Waals surface area contributed by atoms with Crippen molar-refractivity contribution in [2.24, 2.45) is 11.8 Å². The van der Waals surface area contributed by atoms with Crippen LogP contribution in [0.25, 0.3) is 0 Å². The van der Waals surface area contributed by atoms with Crippen molar-refractivity contribution in [2.45, 2.75) is 61.7 Å². The fraction of sp³-hybridized carbons (Fsp3) is 0.800. The van der Waals surface area contributed by atoms with Crippen LogP contribution in [0.3, 0.4) is 0 Å². The number of rotatable bonds is 3. The Balaban J connectivity index is 1.96. The van der Waals surface area contributed by atoms with Gasteiger partial charge in [-0.15, -0.1) is 23.2 Å². The fourth-order valence-electron chi connectivity index (χ4n) is 3.38. The van der Waals surface area contributed by atoms with Crippen LogP contribution < -0.4 is 0 Å². The zero-order valence-corrected chi connectivity index (χ0v) is 13.4. The third kappa shape index (κ3) is 4.34. The molecule has 0 aromatic heterocycles. The Kier molecular flexibility index (Phi) is 5.89. The molecule has 2 saturated carbocycles. The normalized spacial score (nSPS) is 37.8. The average molecular weight is 331 g/mol. The molecule has 0 bridgehead atoms. The Morgan fingerprint density at radius 2 is 1.81 bits per heavy atom. The summed E-state index contributed by atoms with van der Waals surface area (Å²) in [6.45, 7) is 0. The van der Waals surface area contributed by atoms with Gasteiger partial charge in [-0.05, 0) is 43.9 Å². The molecular formula is C15H20Cl2N2O2. The summed E-state index contributed by atoms with van der Waals surface area (Å²) in [4.78, 5) is 10.6. The number of halogens is 2. The van der Waals surface area contributed by atoms with Gasteiger partial charge in [0, 0.05) is 28.7 Å². The van der Waals surface area contributed by atoms with E-state index >= 15 is 0 Å². The van der Waals surface area contributed by atoms with Crippen molar-refractivity contribution in [2.75, 3.05) is 0 Å². The van der Waals surface area contributed by atoms with Crippen molar-refractivity contribution in [3.63, 3.8) is 0 Å². The van der Waals surface area contributed by atoms with Gasteiger partial charge in [0.25, 0.3) is 0 Å². The zero-order valence-electron chi connectivity index (χ0n) is 11.9. The predicted molar refractivity (Wildman–Crippen MR) is 83.1 cm³/mol. The summed E-state index contributed by atoms with van der Waals surface area (Å²) in [5.74, 6) is 0.485. The van der Waals surface area contributed by atoms with Gasteiger partial charge in [-0.1, -0.05) is 6.08 Å². The quantitative estimate of drug-likeness (QED) is 0.335. The van der Waals surface area contributed by atoms with Crippen molar-refractivity contribution in [3.8, 4) is 6.07 Å². The molecule has 0 aromatic carbocycles. The van der Waals surface area contributed by atoms with Crippen LogP contribution in [0.15, 0.2) is 11.6 Å². The molecule has 21 heavy (non-hydrogen) atoms. The van der Waals surface area contributed by atoms with Crippen molar-refractivity contribution in [1.82, 2.24) is 0 Å². The van der Waals surface area contributed by atoms with Crippen molar-refractivity contribution >= 4 is 23.2 Å². The maximum Gasteiger partial charge on any atom is 0.213 e. The number of nitriles is 1. The van der Waals surface area contributed by atoms with Crippen LogP contribution in [0.1, 0.15) is 44.9 Å². The topological polar surface area (TPSA) is 66.9 Å². The highest BCUT2D eigenvalue weighted by Crippen LogP contribution is 2.36. The van der Waals surface area contributed by atoms with E-state index in [1.54, 1.807) is 0 Å². The number of hydrogen-bond donors (Lipinski definition) is 0. The molecule has 2 aliphatic carbocycles. The van der Waals surface area contributed by atoms with Gasteiger partial charge >= 0.3 is 0 Å². The third-order valence-corrected chi connectivity index (χ3v) is 5.85. The lowest BCUT2D eigenvalue weighted by Gasteiger charge is -2.29. The molecular weight excluding hydrogens is 311 g/mol. The summed E-state index contributed by atoms with van der Waals surface area (Å²) < 4.78 is 0. The average Bonchev–Trinajstić information content (AvgIpc) is 2.48. The van der Waals surface area contributed by atoms with E-state index in [2.05, 4.69) is 12.1 Å². The van der Waals surface area contributed by atoms with E-state index in [1.165, 1.54) is 0 Å². The first-order chi connectivity index (χ1) is 10.0. The Labute approximate surface area is 135 Å². The summed E-state index contributed by atoms with van der Waals surface area (Å²) in [5, 5.41) is 20.2. The van der Waals surface area contributed by atoms with Crippen LogP contribution >= 0.6 is 23.2 Å². The lowest BCUT2D eigenvalue weighted by atomic mass is 9.79. The molecule has 0 unspecified atom stereocenters. The standard InChI is InChI=1S/C15H20Cl2N2O2/c16-14-6-1-10(8-15(14)17)7-12(9-18)11-2-4-13(5-3-11)19(20)21/h7,10-11,13-15H,1-6,8H2/b12-7-/t10-,11?,13?,14-,15+/m0/s1. The van der Waals surface area contributed by atoms with Gasteiger partial charge in [-0.2, -0.15) is 5.26 Å². The van der Waals surface area contributed by atoms with Crippen LogP contribution in [0.4, 0.5) is 0 Å². The maximum atomic E-state index is 10.8. The second kappa shape index (κ2) is 7.47. The molecule has 0 N–H and O–H groups in total. The monoisotopic (exact) mass is 330 g/mol. The second-order valence-corrected chi connectivity index (χ2v) is 7.25. The summed E-state index contributed by atoms with van der Waals surface area (Å²) >= 11 is 12.3. The van der Waals surface area contributed by atoms with Gasteiger partial charge in [-0.3, -0.25) is 10.1 Å². The SMILES string of the molecule is N#C/C(=C/[C@@H]1CC[C@H](Cl)[C@H](Cl)C1)C1CCC([N+](=O)[O-])CC1. The molecule has 0 radical (unpaired) electrons. The minimum atomic E-state index is -0.430. The Bertz CT molecular complexity index is 453. The van der Waals surface area contributed by atoms with Gasteiger partial charge < -0.3 is 0 Å². The van der Waals surface area contributed by atoms with E-state index in [9.17, 15) is 15.4 Å². The Hall–Kier alpha value is -0.790. The number of hydrogen-bond acceptors (Lipinski definition) is 3. The number of nitrogens with zero attached hydrogens (tertiary/aromatic N) is 2. The van der Waals surface area contributed by atoms with Crippen LogP contribution in [-0.2, 0) is 0 Å². The first kappa shape index (κ1) is 16.6. The van der Waals surface area contributed by atoms with Gasteiger partial charge in [0.15, 0.2) is 0 Å². The molecule has 0 amide bonds. The molecule has 0 saturated heterocycles. The number of nitro groups is 1. The Morgan fingerprint density at radius 1 is 1.14 bits per heavy atom. The highest BCUT2D eigenvalue weighted by atomic mass is 35.5. The zero-order chi connectivity index (χ0) is 15.4. The molecule has 0 aliphatic heterocycles. The van der Waals surface area contributed by atoms with Gasteiger partial charge in [0.05, 0.1) is 11.4 Å². The summed E-state index contributed by atoms with van der Waals surface area (Å²) in [5.41, 5.74) is 0.790. The third-order valence-electron chi connectivity index (χ3n) is 4.71. The molecule has 6 heteroatoms. The van der Waals surface area contributed by atoms with Crippen LogP contribution in [0.5, 0.6) is 0 Å². The molecule has 116 valence electrons. The molecule has 0 spiro atoms. The first-order valence-electron chi connectivity index (χ1n) is 7.54. The van der Waals surface area contributed by atoms with E-state index < -0.39 is 6.04 Å². The summed E-state index contributed by atoms with van der Waals surface area (Å²) in [6, 6.07) is 1.87. The lowest BCUT2D eigenvalue weighted by molar-refractivity contribution is -0.526. The molecule has 2 aliphatic rings. The molecule has 3 atom stereocenters. The largest absolute Gasteiger partial charge is 0.264 e. The highest BCUT2D eigenvalue weighted by molar-refractivity contribution is 6.30.